The average molecular weight is 478 g/mol. The predicted octanol–water partition coefficient (Wildman–Crippen LogP) is 6.17. The van der Waals surface area contributed by atoms with Crippen LogP contribution in [0.25, 0.3) is 21.5 Å². The Morgan fingerprint density at radius 3 is 2.36 bits per heavy atom. The average Bonchev–Trinajstić information content (AvgIpc) is 3.06. The lowest BCUT2D eigenvalue weighted by molar-refractivity contribution is 0.0831. The first kappa shape index (κ1) is 21.7. The van der Waals surface area contributed by atoms with Crippen LogP contribution in [-0.2, 0) is 5.41 Å². The van der Waals surface area contributed by atoms with E-state index in [-0.39, 0.29) is 11.5 Å². The number of aliphatic hydroxyl groups excluding tert-OH is 1. The normalized spacial score (nSPS) is 22.8. The van der Waals surface area contributed by atoms with E-state index in [0.29, 0.717) is 0 Å². The van der Waals surface area contributed by atoms with E-state index in [1.165, 1.54) is 27.4 Å². The minimum Gasteiger partial charge on any atom is -0.459 e. The molecule has 0 amide bonds. The summed E-state index contributed by atoms with van der Waals surface area (Å²) in [5, 5.41) is 14.9. The van der Waals surface area contributed by atoms with E-state index in [2.05, 4.69) is 97.4 Å². The molecule has 0 radical (unpaired) electrons. The van der Waals surface area contributed by atoms with Crippen LogP contribution in [0, 0.1) is 0 Å². The Kier molecular flexibility index (Phi) is 4.50. The molecule has 1 atom stereocenters. The number of aliphatic hydroxyl groups is 1. The number of piperidine rings is 1. The number of hydrogen-bond acceptors (Lipinski definition) is 5. The Labute approximate surface area is 211 Å². The van der Waals surface area contributed by atoms with Crippen LogP contribution in [0.15, 0.2) is 71.7 Å². The summed E-state index contributed by atoms with van der Waals surface area (Å²) in [5.74, 6) is 0.814. The summed E-state index contributed by atoms with van der Waals surface area (Å²) in [7, 11) is 2.12. The van der Waals surface area contributed by atoms with E-state index in [0.717, 1.165) is 48.4 Å². The smallest absolute Gasteiger partial charge is 0.228 e. The molecule has 3 aliphatic rings. The highest BCUT2D eigenvalue weighted by Gasteiger charge is 2.59. The first-order valence-electron chi connectivity index (χ1n) is 12.9. The molecule has 1 unspecified atom stereocenters. The Bertz CT molecular complexity index is 1550. The van der Waals surface area contributed by atoms with Crippen LogP contribution < -0.4 is 14.5 Å². The lowest BCUT2D eigenvalue weighted by atomic mass is 9.76. The van der Waals surface area contributed by atoms with Gasteiger partial charge in [0, 0.05) is 48.4 Å². The molecule has 1 N–H and O–H groups in total. The second-order valence-corrected chi connectivity index (χ2v) is 10.9. The van der Waals surface area contributed by atoms with Crippen molar-refractivity contribution in [3.63, 3.8) is 0 Å². The summed E-state index contributed by atoms with van der Waals surface area (Å²) in [5.41, 5.74) is 3.43. The molecule has 0 saturated carbocycles. The Morgan fingerprint density at radius 2 is 1.58 bits per heavy atom. The summed E-state index contributed by atoms with van der Waals surface area (Å²) in [4.78, 5) is 9.76. The summed E-state index contributed by atoms with van der Waals surface area (Å²) < 4.78 is 7.10. The van der Waals surface area contributed by atoms with Crippen molar-refractivity contribution in [3.8, 4) is 5.75 Å². The first-order chi connectivity index (χ1) is 17.4. The third kappa shape index (κ3) is 2.78. The van der Waals surface area contributed by atoms with Crippen LogP contribution in [0.3, 0.4) is 0 Å². The molecule has 1 saturated heterocycles. The summed E-state index contributed by atoms with van der Waals surface area (Å²) >= 11 is 0. The molecule has 0 bridgehead atoms. The van der Waals surface area contributed by atoms with Crippen LogP contribution in [0.1, 0.15) is 32.3 Å². The van der Waals surface area contributed by atoms with Crippen LogP contribution in [0.5, 0.6) is 5.75 Å². The van der Waals surface area contributed by atoms with E-state index >= 15 is 0 Å². The molecule has 0 aliphatic carbocycles. The molecule has 182 valence electrons. The maximum absolute atomic E-state index is 10.1. The van der Waals surface area contributed by atoms with Gasteiger partial charge in [0.1, 0.15) is 5.69 Å². The number of likely N-dealkylation sites (N-methyl/N-ethyl adjacent to an activating group) is 1. The van der Waals surface area contributed by atoms with Crippen molar-refractivity contribution in [1.82, 2.24) is 0 Å². The number of ether oxygens (including phenoxy) is 1. The highest BCUT2D eigenvalue weighted by molar-refractivity contribution is 6.06. The molecule has 5 heteroatoms. The van der Waals surface area contributed by atoms with E-state index in [1.807, 2.05) is 6.21 Å². The molecule has 3 heterocycles. The van der Waals surface area contributed by atoms with Crippen molar-refractivity contribution in [2.45, 2.75) is 43.9 Å². The van der Waals surface area contributed by atoms with Crippen LogP contribution in [0.4, 0.5) is 17.1 Å². The molecule has 1 fully saturated rings. The molecule has 0 aromatic heterocycles. The molecule has 3 aliphatic heterocycles. The Morgan fingerprint density at radius 1 is 0.889 bits per heavy atom. The third-order valence-electron chi connectivity index (χ3n) is 8.69. The molecule has 4 aromatic rings. The van der Waals surface area contributed by atoms with Crippen molar-refractivity contribution in [2.75, 3.05) is 29.9 Å². The van der Waals surface area contributed by atoms with Crippen LogP contribution in [-0.4, -0.2) is 43.3 Å². The van der Waals surface area contributed by atoms with Gasteiger partial charge in [-0.25, -0.2) is 0 Å². The van der Waals surface area contributed by atoms with Crippen molar-refractivity contribution < 1.29 is 9.84 Å². The maximum atomic E-state index is 10.1. The Hall–Kier alpha value is -3.57. The predicted molar refractivity (Wildman–Crippen MR) is 148 cm³/mol. The van der Waals surface area contributed by atoms with Gasteiger partial charge in [-0.15, -0.1) is 0 Å². The van der Waals surface area contributed by atoms with Gasteiger partial charge in [-0.3, -0.25) is 4.99 Å². The van der Waals surface area contributed by atoms with E-state index in [9.17, 15) is 5.11 Å². The second kappa shape index (κ2) is 7.47. The van der Waals surface area contributed by atoms with Gasteiger partial charge in [0.05, 0.1) is 17.7 Å². The van der Waals surface area contributed by atoms with Gasteiger partial charge in [-0.2, -0.15) is 0 Å². The first-order valence-corrected chi connectivity index (χ1v) is 12.9. The molecule has 7 rings (SSSR count). The molecular weight excluding hydrogens is 446 g/mol. The highest BCUT2D eigenvalue weighted by atomic mass is 16.5. The fourth-order valence-corrected chi connectivity index (χ4v) is 6.66. The van der Waals surface area contributed by atoms with Crippen molar-refractivity contribution in [2.24, 2.45) is 4.99 Å². The highest BCUT2D eigenvalue weighted by Crippen LogP contribution is 2.56. The van der Waals surface area contributed by atoms with Gasteiger partial charge in [0.2, 0.25) is 5.72 Å². The maximum Gasteiger partial charge on any atom is 0.228 e. The minimum absolute atomic E-state index is 0.212. The zero-order valence-corrected chi connectivity index (χ0v) is 21.0. The summed E-state index contributed by atoms with van der Waals surface area (Å²) in [6.07, 6.45) is 3.38. The number of aliphatic imine (C=N–C) groups is 1. The molecule has 36 heavy (non-hydrogen) atoms. The number of hydrogen-bond donors (Lipinski definition) is 1. The minimum atomic E-state index is -0.746. The number of fused-ring (bicyclic) bond motifs is 6. The van der Waals surface area contributed by atoms with Gasteiger partial charge in [-0.1, -0.05) is 54.6 Å². The third-order valence-corrected chi connectivity index (χ3v) is 8.69. The van der Waals surface area contributed by atoms with Gasteiger partial charge in [-0.05, 0) is 49.1 Å². The fourth-order valence-electron chi connectivity index (χ4n) is 6.66. The molecule has 4 aromatic carbocycles. The Balaban J connectivity index is 1.40. The molecular formula is C31H31N3O2. The van der Waals surface area contributed by atoms with Gasteiger partial charge < -0.3 is 19.6 Å². The van der Waals surface area contributed by atoms with E-state index in [1.54, 1.807) is 0 Å². The zero-order chi connectivity index (χ0) is 24.7. The molecule has 1 spiro atoms. The summed E-state index contributed by atoms with van der Waals surface area (Å²) in [6, 6.07) is 23.7. The van der Waals surface area contributed by atoms with Gasteiger partial charge in [0.15, 0.2) is 5.75 Å². The standard InChI is InChI=1S/C31H31N3O2/c1-30(2)28-22-9-5-4-8-20(22)12-13-25(28)33(3)31(30)19-32-29-24-11-7-6-10-23(24)26(18-27(29)36-31)34-16-14-21(35)15-17-34/h4-13,18-19,21,35H,14-17H2,1-3H3. The van der Waals surface area contributed by atoms with Gasteiger partial charge in [0.25, 0.3) is 0 Å². The van der Waals surface area contributed by atoms with Crippen LogP contribution >= 0.6 is 0 Å². The van der Waals surface area contributed by atoms with E-state index < -0.39 is 5.72 Å². The van der Waals surface area contributed by atoms with Crippen LogP contribution in [0.2, 0.25) is 0 Å². The van der Waals surface area contributed by atoms with Crippen molar-refractivity contribution in [3.05, 3.63) is 72.3 Å². The zero-order valence-electron chi connectivity index (χ0n) is 21.0. The second-order valence-electron chi connectivity index (χ2n) is 10.9. The number of anilines is 2. The van der Waals surface area contributed by atoms with Crippen molar-refractivity contribution in [1.29, 1.82) is 0 Å². The lowest BCUT2D eigenvalue weighted by Gasteiger charge is -2.45. The SMILES string of the molecule is CN1c2ccc3ccccc3c2C(C)(C)C12C=Nc1c(cc(N3CCC(O)CC3)c3ccccc13)O2. The largest absolute Gasteiger partial charge is 0.459 e. The number of nitrogens with zero attached hydrogens (tertiary/aromatic N) is 3. The lowest BCUT2D eigenvalue weighted by Crippen LogP contribution is -2.61. The van der Waals surface area contributed by atoms with E-state index in [4.69, 9.17) is 9.73 Å². The summed E-state index contributed by atoms with van der Waals surface area (Å²) in [6.45, 7) is 6.21. The fraction of sp³-hybridized carbons (Fsp3) is 0.323. The topological polar surface area (TPSA) is 48.3 Å². The quantitative estimate of drug-likeness (QED) is 0.356. The monoisotopic (exact) mass is 477 g/mol. The number of benzene rings is 4. The molecule has 5 nitrogen and oxygen atoms in total. The van der Waals surface area contributed by atoms with Crippen molar-refractivity contribution >= 4 is 44.8 Å². The van der Waals surface area contributed by atoms with Gasteiger partial charge >= 0.3 is 0 Å². The number of rotatable bonds is 1.